The van der Waals surface area contributed by atoms with Crippen molar-refractivity contribution in [3.8, 4) is 0 Å². The van der Waals surface area contributed by atoms with Gasteiger partial charge in [-0.15, -0.1) is 0 Å². The first kappa shape index (κ1) is 16.8. The van der Waals surface area contributed by atoms with Gasteiger partial charge in [-0.2, -0.15) is 0 Å². The van der Waals surface area contributed by atoms with Crippen molar-refractivity contribution in [2.75, 3.05) is 26.2 Å². The number of hydrogen-bond donors (Lipinski definition) is 2. The third-order valence-electron chi connectivity index (χ3n) is 3.84. The van der Waals surface area contributed by atoms with Crippen molar-refractivity contribution >= 4 is 12.0 Å². The van der Waals surface area contributed by atoms with Gasteiger partial charge in [0, 0.05) is 25.7 Å². The molecule has 116 valence electrons. The van der Waals surface area contributed by atoms with E-state index in [1.807, 2.05) is 20.8 Å². The van der Waals surface area contributed by atoms with Gasteiger partial charge in [0.05, 0.1) is 0 Å². The normalized spacial score (nSPS) is 22.4. The topological polar surface area (TPSA) is 72.9 Å². The summed E-state index contributed by atoms with van der Waals surface area (Å²) in [5.41, 5.74) is -0.516. The first-order chi connectivity index (χ1) is 9.16. The van der Waals surface area contributed by atoms with Crippen LogP contribution in [-0.4, -0.2) is 65.2 Å². The molecule has 2 N–H and O–H groups in total. The second kappa shape index (κ2) is 6.43. The summed E-state index contributed by atoms with van der Waals surface area (Å²) in [5, 5.41) is 11.9. The van der Waals surface area contributed by atoms with Crippen LogP contribution in [0.5, 0.6) is 0 Å². The van der Waals surface area contributed by atoms with E-state index in [4.69, 9.17) is 0 Å². The lowest BCUT2D eigenvalue weighted by Crippen LogP contribution is -2.59. The van der Waals surface area contributed by atoms with E-state index in [0.29, 0.717) is 19.1 Å². The van der Waals surface area contributed by atoms with Gasteiger partial charge in [0.25, 0.3) is 0 Å². The van der Waals surface area contributed by atoms with Crippen molar-refractivity contribution in [1.29, 1.82) is 0 Å². The Kier molecular flexibility index (Phi) is 5.39. The van der Waals surface area contributed by atoms with E-state index >= 15 is 0 Å². The lowest BCUT2D eigenvalue weighted by atomic mass is 9.87. The van der Waals surface area contributed by atoms with Crippen LogP contribution in [0.15, 0.2) is 0 Å². The molecule has 2 amide bonds. The van der Waals surface area contributed by atoms with Gasteiger partial charge < -0.3 is 15.3 Å². The number of urea groups is 1. The van der Waals surface area contributed by atoms with E-state index in [-0.39, 0.29) is 6.03 Å². The van der Waals surface area contributed by atoms with Crippen LogP contribution in [0.25, 0.3) is 0 Å². The number of piperazine rings is 1. The zero-order chi connectivity index (χ0) is 15.5. The molecule has 1 aliphatic rings. The molecule has 1 saturated heterocycles. The number of carboxylic acids is 1. The summed E-state index contributed by atoms with van der Waals surface area (Å²) in [6.45, 7) is 12.7. The van der Waals surface area contributed by atoms with Crippen LogP contribution < -0.4 is 5.32 Å². The number of likely N-dealkylation sites (N-methyl/N-ethyl adjacent to an activating group) is 1. The number of carbonyl (C=O) groups excluding carboxylic acids is 1. The highest BCUT2D eigenvalue weighted by atomic mass is 16.4. The average molecular weight is 285 g/mol. The number of rotatable bonds is 3. The highest BCUT2D eigenvalue weighted by Gasteiger charge is 2.35. The van der Waals surface area contributed by atoms with Crippen molar-refractivity contribution in [2.24, 2.45) is 5.41 Å². The van der Waals surface area contributed by atoms with Gasteiger partial charge >= 0.3 is 12.0 Å². The van der Waals surface area contributed by atoms with Crippen molar-refractivity contribution in [2.45, 2.75) is 46.7 Å². The van der Waals surface area contributed by atoms with Crippen LogP contribution in [-0.2, 0) is 4.79 Å². The SMILES string of the molecule is CCN1CCN(C(=O)N[C@H](C(=O)O)C(C)(C)C)CC1C. The molecule has 0 aliphatic carbocycles. The Balaban J connectivity index is 2.65. The summed E-state index contributed by atoms with van der Waals surface area (Å²) >= 11 is 0. The lowest BCUT2D eigenvalue weighted by molar-refractivity contribution is -0.142. The lowest BCUT2D eigenvalue weighted by Gasteiger charge is -2.40. The molecule has 1 fully saturated rings. The first-order valence-corrected chi connectivity index (χ1v) is 7.19. The fraction of sp³-hybridized carbons (Fsp3) is 0.857. The molecule has 0 aromatic rings. The van der Waals surface area contributed by atoms with E-state index in [0.717, 1.165) is 13.1 Å². The second-order valence-corrected chi connectivity index (χ2v) is 6.51. The molecule has 1 rings (SSSR count). The Morgan fingerprint density at radius 2 is 1.95 bits per heavy atom. The maximum atomic E-state index is 12.2. The number of nitrogens with one attached hydrogen (secondary N) is 1. The van der Waals surface area contributed by atoms with Crippen LogP contribution in [0, 0.1) is 5.41 Å². The Morgan fingerprint density at radius 3 is 2.35 bits per heavy atom. The summed E-state index contributed by atoms with van der Waals surface area (Å²) in [5.74, 6) is -0.994. The smallest absolute Gasteiger partial charge is 0.326 e. The minimum Gasteiger partial charge on any atom is -0.480 e. The maximum absolute atomic E-state index is 12.2. The van der Waals surface area contributed by atoms with Gasteiger partial charge in [0.15, 0.2) is 0 Å². The molecule has 0 radical (unpaired) electrons. The van der Waals surface area contributed by atoms with E-state index in [2.05, 4.69) is 24.1 Å². The minimum absolute atomic E-state index is 0.282. The molecule has 1 heterocycles. The van der Waals surface area contributed by atoms with E-state index in [1.165, 1.54) is 0 Å². The molecule has 6 heteroatoms. The maximum Gasteiger partial charge on any atom is 0.326 e. The molecule has 6 nitrogen and oxygen atoms in total. The standard InChI is InChI=1S/C14H27N3O3/c1-6-16-7-8-17(9-10(16)2)13(20)15-11(12(18)19)14(3,4)5/h10-11H,6-9H2,1-5H3,(H,15,20)(H,18,19)/t10?,11-/m1/s1. The number of carboxylic acid groups (broad SMARTS) is 1. The third-order valence-corrected chi connectivity index (χ3v) is 3.84. The van der Waals surface area contributed by atoms with Gasteiger partial charge in [0.1, 0.15) is 6.04 Å². The predicted octanol–water partition coefficient (Wildman–Crippen LogP) is 1.22. The monoisotopic (exact) mass is 285 g/mol. The second-order valence-electron chi connectivity index (χ2n) is 6.51. The number of carbonyl (C=O) groups is 2. The number of amides is 2. The zero-order valence-electron chi connectivity index (χ0n) is 13.1. The molecular formula is C14H27N3O3. The van der Waals surface area contributed by atoms with E-state index in [1.54, 1.807) is 4.90 Å². The molecule has 20 heavy (non-hydrogen) atoms. The summed E-state index contributed by atoms with van der Waals surface area (Å²) in [4.78, 5) is 27.5. The van der Waals surface area contributed by atoms with Gasteiger partial charge in [-0.25, -0.2) is 9.59 Å². The molecule has 0 aromatic carbocycles. The van der Waals surface area contributed by atoms with Crippen LogP contribution in [0.2, 0.25) is 0 Å². The Morgan fingerprint density at radius 1 is 1.35 bits per heavy atom. The van der Waals surface area contributed by atoms with Crippen LogP contribution in [0.1, 0.15) is 34.6 Å². The predicted molar refractivity (Wildman–Crippen MR) is 77.7 cm³/mol. The molecule has 1 unspecified atom stereocenters. The van der Waals surface area contributed by atoms with Crippen LogP contribution >= 0.6 is 0 Å². The number of hydrogen-bond acceptors (Lipinski definition) is 3. The molecule has 0 saturated carbocycles. The molecule has 1 aliphatic heterocycles. The summed E-state index contributed by atoms with van der Waals surface area (Å²) in [7, 11) is 0. The minimum atomic E-state index is -0.994. The first-order valence-electron chi connectivity index (χ1n) is 7.19. The van der Waals surface area contributed by atoms with Crippen molar-refractivity contribution < 1.29 is 14.7 Å². The Bertz CT molecular complexity index is 365. The molecular weight excluding hydrogens is 258 g/mol. The quantitative estimate of drug-likeness (QED) is 0.818. The summed E-state index contributed by atoms with van der Waals surface area (Å²) in [6, 6.07) is -0.859. The Hall–Kier alpha value is -1.30. The van der Waals surface area contributed by atoms with Gasteiger partial charge in [-0.1, -0.05) is 27.7 Å². The van der Waals surface area contributed by atoms with Gasteiger partial charge in [-0.05, 0) is 18.9 Å². The van der Waals surface area contributed by atoms with E-state index < -0.39 is 17.4 Å². The van der Waals surface area contributed by atoms with Crippen molar-refractivity contribution in [1.82, 2.24) is 15.1 Å². The number of aliphatic carboxylic acids is 1. The number of nitrogens with zero attached hydrogens (tertiary/aromatic N) is 2. The fourth-order valence-corrected chi connectivity index (χ4v) is 2.51. The molecule has 0 aromatic heterocycles. The van der Waals surface area contributed by atoms with Crippen LogP contribution in [0.3, 0.4) is 0 Å². The van der Waals surface area contributed by atoms with Gasteiger partial charge in [-0.3, -0.25) is 4.90 Å². The zero-order valence-corrected chi connectivity index (χ0v) is 13.1. The average Bonchev–Trinajstić information content (AvgIpc) is 2.33. The van der Waals surface area contributed by atoms with Crippen molar-refractivity contribution in [3.05, 3.63) is 0 Å². The van der Waals surface area contributed by atoms with E-state index in [9.17, 15) is 14.7 Å². The van der Waals surface area contributed by atoms with Gasteiger partial charge in [0.2, 0.25) is 0 Å². The Labute approximate surface area is 121 Å². The van der Waals surface area contributed by atoms with Crippen LogP contribution in [0.4, 0.5) is 4.79 Å². The summed E-state index contributed by atoms with van der Waals surface area (Å²) in [6.07, 6.45) is 0. The highest BCUT2D eigenvalue weighted by Crippen LogP contribution is 2.20. The van der Waals surface area contributed by atoms with Crippen molar-refractivity contribution in [3.63, 3.8) is 0 Å². The highest BCUT2D eigenvalue weighted by molar-refractivity contribution is 5.83. The summed E-state index contributed by atoms with van der Waals surface area (Å²) < 4.78 is 0. The largest absolute Gasteiger partial charge is 0.480 e. The third kappa shape index (κ3) is 4.10. The molecule has 2 atom stereocenters. The molecule has 0 spiro atoms. The fourth-order valence-electron chi connectivity index (χ4n) is 2.51. The molecule has 0 bridgehead atoms.